The summed E-state index contributed by atoms with van der Waals surface area (Å²) in [6.07, 6.45) is 5.61. The number of aromatic nitrogens is 2. The first-order valence-corrected chi connectivity index (χ1v) is 20.2. The van der Waals surface area contributed by atoms with Crippen molar-refractivity contribution < 1.29 is 24.3 Å². The van der Waals surface area contributed by atoms with Gasteiger partial charge in [0.1, 0.15) is 12.0 Å². The Balaban J connectivity index is 0.804. The van der Waals surface area contributed by atoms with Crippen LogP contribution in [0, 0.1) is 11.8 Å². The van der Waals surface area contributed by atoms with Gasteiger partial charge in [-0.05, 0) is 94.4 Å². The van der Waals surface area contributed by atoms with Crippen LogP contribution in [0.4, 0.5) is 17.2 Å². The van der Waals surface area contributed by atoms with Crippen LogP contribution in [0.25, 0.3) is 11.3 Å². The van der Waals surface area contributed by atoms with E-state index in [1.54, 1.807) is 12.1 Å². The van der Waals surface area contributed by atoms with E-state index in [9.17, 15) is 24.3 Å². The Morgan fingerprint density at radius 1 is 1.00 bits per heavy atom. The molecule has 3 N–H and O–H groups in total. The number of carbonyl (C=O) groups is 4. The largest absolute Gasteiger partial charge is 0.507 e. The zero-order valence-electron chi connectivity index (χ0n) is 32.4. The van der Waals surface area contributed by atoms with Gasteiger partial charge in [0.25, 0.3) is 0 Å². The van der Waals surface area contributed by atoms with Crippen LogP contribution < -0.4 is 20.4 Å². The summed E-state index contributed by atoms with van der Waals surface area (Å²) in [6, 6.07) is 15.3. The van der Waals surface area contributed by atoms with E-state index in [-0.39, 0.29) is 41.5 Å². The van der Waals surface area contributed by atoms with Gasteiger partial charge in [-0.2, -0.15) is 0 Å². The highest BCUT2D eigenvalue weighted by atomic mass is 16.3. The van der Waals surface area contributed by atoms with Crippen LogP contribution >= 0.6 is 0 Å². The van der Waals surface area contributed by atoms with Gasteiger partial charge in [0.15, 0.2) is 5.82 Å². The number of piperazine rings is 1. The second kappa shape index (κ2) is 16.2. The molecule has 3 aromatic rings. The lowest BCUT2D eigenvalue weighted by atomic mass is 9.88. The standard InChI is InChI=1S/C42H53N9O5/c1-27-19-29(42(56)50-17-18-51-33(25-50)22-43-40-37(51)21-35(45-46-40)34-5-3-4-6-38(34)53)13-16-49(27)23-28-11-14-48(15-12-28)32-8-7-30(31(20-32)26-52)24-47(2)36-9-10-39(54)44-41(36)55/h3-8,20-21,26-29,33,36,53H,9-19,22-25H2,1-2H3,(H,43,46)(H,44,54,55). The first kappa shape index (κ1) is 37.8. The highest BCUT2D eigenvalue weighted by Crippen LogP contribution is 2.37. The summed E-state index contributed by atoms with van der Waals surface area (Å²) in [7, 11) is 1.86. The summed E-state index contributed by atoms with van der Waals surface area (Å²) >= 11 is 0. The van der Waals surface area contributed by atoms with Crippen LogP contribution in [0.1, 0.15) is 61.4 Å². The van der Waals surface area contributed by atoms with Gasteiger partial charge < -0.3 is 30.0 Å². The molecular formula is C42H53N9O5. The Labute approximate surface area is 328 Å². The lowest BCUT2D eigenvalue weighted by molar-refractivity contribution is -0.139. The molecule has 0 aliphatic carbocycles. The van der Waals surface area contributed by atoms with Gasteiger partial charge in [0.05, 0.1) is 23.5 Å². The average molecular weight is 764 g/mol. The molecule has 14 heteroatoms. The van der Waals surface area contributed by atoms with Crippen molar-refractivity contribution in [3.63, 3.8) is 0 Å². The third kappa shape index (κ3) is 7.81. The molecule has 0 bridgehead atoms. The van der Waals surface area contributed by atoms with Crippen molar-refractivity contribution in [2.24, 2.45) is 11.8 Å². The molecule has 4 atom stereocenters. The third-order valence-electron chi connectivity index (χ3n) is 12.8. The van der Waals surface area contributed by atoms with Crippen LogP contribution in [0.15, 0.2) is 48.5 Å². The van der Waals surface area contributed by atoms with Crippen molar-refractivity contribution >= 4 is 41.2 Å². The molecule has 4 saturated heterocycles. The number of rotatable bonds is 9. The number of aldehydes is 1. The number of amides is 3. The van der Waals surface area contributed by atoms with E-state index >= 15 is 0 Å². The van der Waals surface area contributed by atoms with E-state index in [1.807, 2.05) is 42.3 Å². The minimum absolute atomic E-state index is 0.0378. The molecule has 5 aliphatic heterocycles. The van der Waals surface area contributed by atoms with E-state index in [4.69, 9.17) is 0 Å². The molecule has 296 valence electrons. The van der Waals surface area contributed by atoms with Gasteiger partial charge >= 0.3 is 0 Å². The van der Waals surface area contributed by atoms with Gasteiger partial charge in [-0.1, -0.05) is 18.2 Å². The number of hydrogen-bond acceptors (Lipinski definition) is 12. The van der Waals surface area contributed by atoms with E-state index in [0.717, 1.165) is 87.4 Å². The van der Waals surface area contributed by atoms with Crippen molar-refractivity contribution in [1.29, 1.82) is 0 Å². The summed E-state index contributed by atoms with van der Waals surface area (Å²) < 4.78 is 0. The average Bonchev–Trinajstić information content (AvgIpc) is 3.21. The first-order chi connectivity index (χ1) is 27.1. The summed E-state index contributed by atoms with van der Waals surface area (Å²) in [4.78, 5) is 61.3. The molecular weight excluding hydrogens is 711 g/mol. The monoisotopic (exact) mass is 763 g/mol. The van der Waals surface area contributed by atoms with Gasteiger partial charge in [0.2, 0.25) is 17.7 Å². The molecule has 4 unspecified atom stereocenters. The summed E-state index contributed by atoms with van der Waals surface area (Å²) in [5.74, 6) is 1.30. The highest BCUT2D eigenvalue weighted by Gasteiger charge is 2.39. The number of aromatic hydroxyl groups is 1. The quantitative estimate of drug-likeness (QED) is 0.216. The number of nitrogens with one attached hydrogen (secondary N) is 2. The van der Waals surface area contributed by atoms with E-state index in [1.165, 1.54) is 0 Å². The number of carbonyl (C=O) groups excluding carboxylic acids is 4. The number of phenols is 1. The van der Waals surface area contributed by atoms with Gasteiger partial charge in [-0.25, -0.2) is 0 Å². The van der Waals surface area contributed by atoms with Crippen LogP contribution in [0.5, 0.6) is 5.75 Å². The van der Waals surface area contributed by atoms with Crippen molar-refractivity contribution in [3.8, 4) is 17.0 Å². The van der Waals surface area contributed by atoms with Crippen molar-refractivity contribution in [1.82, 2.24) is 30.2 Å². The molecule has 1 aromatic heterocycles. The molecule has 56 heavy (non-hydrogen) atoms. The first-order valence-electron chi connectivity index (χ1n) is 20.2. The predicted molar refractivity (Wildman–Crippen MR) is 214 cm³/mol. The molecule has 4 fully saturated rings. The molecule has 0 saturated carbocycles. The fraction of sp³-hybridized carbons (Fsp3) is 0.524. The second-order valence-electron chi connectivity index (χ2n) is 16.4. The third-order valence-corrected chi connectivity index (χ3v) is 12.8. The number of nitrogens with zero attached hydrogens (tertiary/aromatic N) is 7. The Kier molecular flexibility index (Phi) is 10.9. The maximum atomic E-state index is 13.9. The van der Waals surface area contributed by atoms with Crippen LogP contribution in [0.2, 0.25) is 0 Å². The van der Waals surface area contributed by atoms with Crippen LogP contribution in [-0.2, 0) is 20.9 Å². The number of likely N-dealkylation sites (N-methyl/N-ethyl adjacent to an activating group) is 1. The van der Waals surface area contributed by atoms with Crippen molar-refractivity contribution in [3.05, 3.63) is 59.7 Å². The van der Waals surface area contributed by atoms with Crippen LogP contribution in [-0.4, -0.2) is 132 Å². The Morgan fingerprint density at radius 2 is 1.82 bits per heavy atom. The Hall–Kier alpha value is -5.08. The highest BCUT2D eigenvalue weighted by molar-refractivity contribution is 6.00. The smallest absolute Gasteiger partial charge is 0.243 e. The van der Waals surface area contributed by atoms with Gasteiger partial charge in [0, 0.05) is 87.6 Å². The SMILES string of the molecule is CC1CC(C(=O)N2CCN3c4cc(-c5ccccc5O)nnc4NCC3C2)CCN1CC1CCN(c2ccc(CN(C)C3CCC(=O)NC3=O)c(C=O)c2)CC1. The topological polar surface area (TPSA) is 155 Å². The number of benzene rings is 2. The van der Waals surface area contributed by atoms with Gasteiger partial charge in [-0.15, -0.1) is 10.2 Å². The van der Waals surface area contributed by atoms with E-state index < -0.39 is 0 Å². The van der Waals surface area contributed by atoms with Crippen molar-refractivity contribution in [2.75, 3.05) is 74.5 Å². The summed E-state index contributed by atoms with van der Waals surface area (Å²) in [5.41, 5.74) is 4.79. The molecule has 3 amide bonds. The minimum atomic E-state index is -0.389. The van der Waals surface area contributed by atoms with Crippen molar-refractivity contribution in [2.45, 2.75) is 70.1 Å². The number of phenolic OH excluding ortho intramolecular Hbond substituents is 1. The minimum Gasteiger partial charge on any atom is -0.507 e. The number of hydrogen-bond donors (Lipinski definition) is 3. The molecule has 2 aromatic carbocycles. The maximum Gasteiger partial charge on any atom is 0.243 e. The molecule has 8 rings (SSSR count). The number of imide groups is 1. The molecule has 5 aliphatic rings. The Bertz CT molecular complexity index is 1970. The van der Waals surface area contributed by atoms with E-state index in [0.29, 0.717) is 67.8 Å². The number of piperidine rings is 3. The Morgan fingerprint density at radius 3 is 2.59 bits per heavy atom. The maximum absolute atomic E-state index is 13.9. The van der Waals surface area contributed by atoms with E-state index in [2.05, 4.69) is 53.4 Å². The lowest BCUT2D eigenvalue weighted by Gasteiger charge is -2.47. The zero-order chi connectivity index (χ0) is 38.9. The number of anilines is 3. The predicted octanol–water partition coefficient (Wildman–Crippen LogP) is 3.36. The summed E-state index contributed by atoms with van der Waals surface area (Å²) in [5, 5.41) is 25.0. The summed E-state index contributed by atoms with van der Waals surface area (Å²) in [6.45, 7) is 9.32. The zero-order valence-corrected chi connectivity index (χ0v) is 32.4. The number of para-hydroxylation sites is 1. The molecule has 0 spiro atoms. The normalized spacial score (nSPS) is 24.7. The molecule has 0 radical (unpaired) electrons. The van der Waals surface area contributed by atoms with Crippen LogP contribution in [0.3, 0.4) is 0 Å². The molecule has 14 nitrogen and oxygen atoms in total. The number of fused-ring (bicyclic) bond motifs is 3. The molecule has 6 heterocycles. The fourth-order valence-corrected chi connectivity index (χ4v) is 9.50. The number of likely N-dealkylation sites (tertiary alicyclic amines) is 1. The lowest BCUT2D eigenvalue weighted by Crippen LogP contribution is -2.60. The second-order valence-corrected chi connectivity index (χ2v) is 16.4. The van der Waals surface area contributed by atoms with Gasteiger partial charge in [-0.3, -0.25) is 29.4 Å². The fourth-order valence-electron chi connectivity index (χ4n) is 9.50.